The zero-order chi connectivity index (χ0) is 9.35. The second kappa shape index (κ2) is 3.02. The molecule has 0 amide bonds. The van der Waals surface area contributed by atoms with Gasteiger partial charge in [0.15, 0.2) is 5.78 Å². The first kappa shape index (κ1) is 9.46. The molecule has 68 valence electrons. The molecule has 0 N–H and O–H groups in total. The number of epoxide rings is 1. The Morgan fingerprint density at radius 2 is 2.00 bits per heavy atom. The van der Waals surface area contributed by atoms with Gasteiger partial charge < -0.3 is 4.74 Å². The molecule has 1 rings (SSSR count). The van der Waals surface area contributed by atoms with Crippen LogP contribution in [0, 0.1) is 5.41 Å². The number of ketones is 1. The van der Waals surface area contributed by atoms with Gasteiger partial charge in [0.1, 0.15) is 6.10 Å². The Hall–Kier alpha value is -0.630. The SMILES string of the molecule is CC(=O)/C=C/[C@@H]1O[C@H]1C(C)(C)C. The second-order valence-electron chi connectivity index (χ2n) is 4.36. The smallest absolute Gasteiger partial charge is 0.152 e. The van der Waals surface area contributed by atoms with Crippen molar-refractivity contribution in [3.8, 4) is 0 Å². The molecule has 0 radical (unpaired) electrons. The Morgan fingerprint density at radius 1 is 1.42 bits per heavy atom. The molecule has 1 aliphatic heterocycles. The maximum Gasteiger partial charge on any atom is 0.152 e. The Labute approximate surface area is 73.6 Å². The van der Waals surface area contributed by atoms with Crippen molar-refractivity contribution in [2.45, 2.75) is 39.9 Å². The van der Waals surface area contributed by atoms with Crippen molar-refractivity contribution in [2.75, 3.05) is 0 Å². The first-order chi connectivity index (χ1) is 5.41. The number of carbonyl (C=O) groups is 1. The van der Waals surface area contributed by atoms with Gasteiger partial charge in [0.2, 0.25) is 0 Å². The van der Waals surface area contributed by atoms with Crippen molar-refractivity contribution >= 4 is 5.78 Å². The normalized spacial score (nSPS) is 29.3. The summed E-state index contributed by atoms with van der Waals surface area (Å²) < 4.78 is 5.39. The van der Waals surface area contributed by atoms with Crippen LogP contribution in [0.25, 0.3) is 0 Å². The fraction of sp³-hybridized carbons (Fsp3) is 0.700. The third-order valence-corrected chi connectivity index (χ3v) is 1.90. The molecule has 2 heteroatoms. The number of ether oxygens (including phenoxy) is 1. The Balaban J connectivity index is 2.39. The molecule has 1 heterocycles. The molecule has 1 fully saturated rings. The van der Waals surface area contributed by atoms with Crippen LogP contribution in [0.1, 0.15) is 27.7 Å². The van der Waals surface area contributed by atoms with E-state index in [9.17, 15) is 4.79 Å². The van der Waals surface area contributed by atoms with Gasteiger partial charge in [-0.05, 0) is 24.5 Å². The van der Waals surface area contributed by atoms with Crippen molar-refractivity contribution < 1.29 is 9.53 Å². The predicted octanol–water partition coefficient (Wildman–Crippen LogP) is 1.95. The molecule has 0 aliphatic carbocycles. The van der Waals surface area contributed by atoms with E-state index in [0.29, 0.717) is 0 Å². The Kier molecular flexibility index (Phi) is 2.38. The van der Waals surface area contributed by atoms with Gasteiger partial charge in [-0.15, -0.1) is 0 Å². The standard InChI is InChI=1S/C10H16O2/c1-7(11)5-6-8-9(12-8)10(2,3)4/h5-6,8-9H,1-4H3/b6-5+/t8-,9+/m0/s1. The highest BCUT2D eigenvalue weighted by atomic mass is 16.6. The number of allylic oxidation sites excluding steroid dienone is 1. The summed E-state index contributed by atoms with van der Waals surface area (Å²) in [4.78, 5) is 10.6. The average Bonchev–Trinajstić information content (AvgIpc) is 2.59. The fourth-order valence-electron chi connectivity index (χ4n) is 1.20. The van der Waals surface area contributed by atoms with Gasteiger partial charge in [-0.1, -0.05) is 20.8 Å². The summed E-state index contributed by atoms with van der Waals surface area (Å²) in [6.45, 7) is 7.96. The van der Waals surface area contributed by atoms with Crippen molar-refractivity contribution in [2.24, 2.45) is 5.41 Å². The van der Waals surface area contributed by atoms with Gasteiger partial charge >= 0.3 is 0 Å². The van der Waals surface area contributed by atoms with Gasteiger partial charge in [-0.25, -0.2) is 0 Å². The maximum atomic E-state index is 10.6. The number of hydrogen-bond acceptors (Lipinski definition) is 2. The average molecular weight is 168 g/mol. The monoisotopic (exact) mass is 168 g/mol. The molecule has 1 aliphatic rings. The van der Waals surface area contributed by atoms with Crippen LogP contribution in [0.2, 0.25) is 0 Å². The van der Waals surface area contributed by atoms with Crippen LogP contribution < -0.4 is 0 Å². The highest BCUT2D eigenvalue weighted by Gasteiger charge is 2.45. The highest BCUT2D eigenvalue weighted by molar-refractivity contribution is 5.87. The molecular formula is C10H16O2. The number of hydrogen-bond donors (Lipinski definition) is 0. The summed E-state index contributed by atoms with van der Waals surface area (Å²) in [5.41, 5.74) is 0.186. The van der Waals surface area contributed by atoms with Gasteiger partial charge in [0.25, 0.3) is 0 Å². The molecular weight excluding hydrogens is 152 g/mol. The molecule has 0 aromatic carbocycles. The summed E-state index contributed by atoms with van der Waals surface area (Å²) in [7, 11) is 0. The van der Waals surface area contributed by atoms with Gasteiger partial charge in [0, 0.05) is 0 Å². The van der Waals surface area contributed by atoms with E-state index in [4.69, 9.17) is 4.74 Å². The van der Waals surface area contributed by atoms with E-state index < -0.39 is 0 Å². The van der Waals surface area contributed by atoms with Crippen LogP contribution in [-0.4, -0.2) is 18.0 Å². The van der Waals surface area contributed by atoms with E-state index in [1.54, 1.807) is 13.0 Å². The van der Waals surface area contributed by atoms with Crippen molar-refractivity contribution in [1.82, 2.24) is 0 Å². The minimum Gasteiger partial charge on any atom is -0.365 e. The largest absolute Gasteiger partial charge is 0.365 e. The molecule has 0 unspecified atom stereocenters. The van der Waals surface area contributed by atoms with E-state index in [2.05, 4.69) is 20.8 Å². The van der Waals surface area contributed by atoms with E-state index in [1.807, 2.05) is 6.08 Å². The van der Waals surface area contributed by atoms with Crippen LogP contribution in [0.15, 0.2) is 12.2 Å². The van der Waals surface area contributed by atoms with Gasteiger partial charge in [-0.2, -0.15) is 0 Å². The summed E-state index contributed by atoms with van der Waals surface area (Å²) in [5.74, 6) is 0.0816. The number of rotatable bonds is 2. The molecule has 0 aromatic heterocycles. The molecule has 0 bridgehead atoms. The molecule has 0 aromatic rings. The zero-order valence-electron chi connectivity index (χ0n) is 8.13. The second-order valence-corrected chi connectivity index (χ2v) is 4.36. The Morgan fingerprint density at radius 3 is 2.33 bits per heavy atom. The molecule has 0 spiro atoms. The molecule has 12 heavy (non-hydrogen) atoms. The van der Waals surface area contributed by atoms with Crippen LogP contribution in [0.3, 0.4) is 0 Å². The third-order valence-electron chi connectivity index (χ3n) is 1.90. The van der Waals surface area contributed by atoms with Crippen LogP contribution >= 0.6 is 0 Å². The lowest BCUT2D eigenvalue weighted by molar-refractivity contribution is -0.112. The van der Waals surface area contributed by atoms with E-state index >= 15 is 0 Å². The van der Waals surface area contributed by atoms with Crippen molar-refractivity contribution in [3.05, 3.63) is 12.2 Å². The van der Waals surface area contributed by atoms with E-state index in [0.717, 1.165) is 0 Å². The van der Waals surface area contributed by atoms with Crippen molar-refractivity contribution in [3.63, 3.8) is 0 Å². The number of carbonyl (C=O) groups excluding carboxylic acids is 1. The quantitative estimate of drug-likeness (QED) is 0.466. The molecule has 0 saturated carbocycles. The topological polar surface area (TPSA) is 29.6 Å². The minimum atomic E-state index is 0.0816. The van der Waals surface area contributed by atoms with Crippen LogP contribution in [0.4, 0.5) is 0 Å². The van der Waals surface area contributed by atoms with Crippen LogP contribution in [-0.2, 0) is 9.53 Å². The molecule has 1 saturated heterocycles. The minimum absolute atomic E-state index is 0.0816. The van der Waals surface area contributed by atoms with Gasteiger partial charge in [0.05, 0.1) is 6.10 Å². The lowest BCUT2D eigenvalue weighted by Gasteiger charge is -2.13. The predicted molar refractivity (Wildman–Crippen MR) is 47.9 cm³/mol. The molecule has 2 atom stereocenters. The van der Waals surface area contributed by atoms with Crippen LogP contribution in [0.5, 0.6) is 0 Å². The summed E-state index contributed by atoms with van der Waals surface area (Å²) in [6.07, 6.45) is 3.87. The summed E-state index contributed by atoms with van der Waals surface area (Å²) in [5, 5.41) is 0. The first-order valence-electron chi connectivity index (χ1n) is 4.25. The third kappa shape index (κ3) is 2.45. The summed E-state index contributed by atoms with van der Waals surface area (Å²) >= 11 is 0. The summed E-state index contributed by atoms with van der Waals surface area (Å²) in [6, 6.07) is 0. The van der Waals surface area contributed by atoms with E-state index in [-0.39, 0.29) is 23.4 Å². The van der Waals surface area contributed by atoms with E-state index in [1.165, 1.54) is 0 Å². The van der Waals surface area contributed by atoms with Crippen molar-refractivity contribution in [1.29, 1.82) is 0 Å². The Bertz CT molecular complexity index is 210. The zero-order valence-corrected chi connectivity index (χ0v) is 8.13. The maximum absolute atomic E-state index is 10.6. The molecule has 2 nitrogen and oxygen atoms in total. The fourth-order valence-corrected chi connectivity index (χ4v) is 1.20. The lowest BCUT2D eigenvalue weighted by Crippen LogP contribution is -2.15. The highest BCUT2D eigenvalue weighted by Crippen LogP contribution is 2.38. The van der Waals surface area contributed by atoms with Gasteiger partial charge in [-0.3, -0.25) is 4.79 Å². The lowest BCUT2D eigenvalue weighted by atomic mass is 9.90. The first-order valence-corrected chi connectivity index (χ1v) is 4.25.